The number of nitrogens with one attached hydrogen (secondary N) is 1. The molecule has 1 fully saturated rings. The van der Waals surface area contributed by atoms with Gasteiger partial charge in [-0.15, -0.1) is 10.2 Å². The number of aromatic nitrogens is 2. The Labute approximate surface area is 106 Å². The molecule has 1 amide bonds. The van der Waals surface area contributed by atoms with E-state index in [0.29, 0.717) is 31.3 Å². The second kappa shape index (κ2) is 4.89. The lowest BCUT2D eigenvalue weighted by atomic mass is 10.0. The maximum Gasteiger partial charge on any atom is 0.274 e. The first-order chi connectivity index (χ1) is 8.54. The second-order valence-electron chi connectivity index (χ2n) is 4.88. The summed E-state index contributed by atoms with van der Waals surface area (Å²) in [5.74, 6) is 0.547. The van der Waals surface area contributed by atoms with Gasteiger partial charge in [0.2, 0.25) is 0 Å². The lowest BCUT2D eigenvalue weighted by Crippen LogP contribution is -2.55. The number of anilines is 1. The predicted molar refractivity (Wildman–Crippen MR) is 67.5 cm³/mol. The normalized spacial score (nSPS) is 18.5. The summed E-state index contributed by atoms with van der Waals surface area (Å²) in [6, 6.07) is 3.43. The van der Waals surface area contributed by atoms with E-state index in [0.717, 1.165) is 0 Å². The van der Waals surface area contributed by atoms with E-state index in [-0.39, 0.29) is 11.4 Å². The quantitative estimate of drug-likeness (QED) is 0.839. The molecule has 2 rings (SSSR count). The lowest BCUT2D eigenvalue weighted by Gasteiger charge is -2.41. The molecule has 1 aromatic heterocycles. The van der Waals surface area contributed by atoms with Crippen molar-refractivity contribution in [2.45, 2.75) is 19.4 Å². The highest BCUT2D eigenvalue weighted by atomic mass is 16.5. The lowest BCUT2D eigenvalue weighted by molar-refractivity contribution is -0.0373. The molecule has 1 aliphatic rings. The van der Waals surface area contributed by atoms with Crippen molar-refractivity contribution in [3.05, 3.63) is 17.8 Å². The first-order valence-corrected chi connectivity index (χ1v) is 5.96. The Morgan fingerprint density at radius 2 is 2.22 bits per heavy atom. The van der Waals surface area contributed by atoms with E-state index in [4.69, 9.17) is 4.74 Å². The van der Waals surface area contributed by atoms with Crippen LogP contribution in [0.2, 0.25) is 0 Å². The molecule has 0 aliphatic carbocycles. The Balaban J connectivity index is 2.19. The predicted octanol–water partition coefficient (Wildman–Crippen LogP) is 0.769. The molecule has 1 aliphatic heterocycles. The van der Waals surface area contributed by atoms with Crippen molar-refractivity contribution in [2.24, 2.45) is 0 Å². The number of hydrogen-bond donors (Lipinski definition) is 1. The molecule has 18 heavy (non-hydrogen) atoms. The molecule has 0 unspecified atom stereocenters. The number of ether oxygens (including phenoxy) is 1. The van der Waals surface area contributed by atoms with Gasteiger partial charge in [0.15, 0.2) is 5.69 Å². The number of nitrogens with zero attached hydrogens (tertiary/aromatic N) is 3. The molecule has 0 radical (unpaired) electrons. The van der Waals surface area contributed by atoms with Crippen LogP contribution in [0.15, 0.2) is 12.1 Å². The van der Waals surface area contributed by atoms with E-state index in [1.54, 1.807) is 24.1 Å². The van der Waals surface area contributed by atoms with E-state index in [2.05, 4.69) is 15.5 Å². The molecule has 6 heteroatoms. The van der Waals surface area contributed by atoms with Gasteiger partial charge in [-0.1, -0.05) is 0 Å². The van der Waals surface area contributed by atoms with E-state index in [1.807, 2.05) is 13.8 Å². The number of amides is 1. The molecule has 0 saturated carbocycles. The molecule has 98 valence electrons. The van der Waals surface area contributed by atoms with Crippen LogP contribution in [0.4, 0.5) is 5.82 Å². The van der Waals surface area contributed by atoms with Gasteiger partial charge < -0.3 is 15.0 Å². The van der Waals surface area contributed by atoms with Crippen LogP contribution < -0.4 is 5.32 Å². The number of morpholine rings is 1. The number of carbonyl (C=O) groups is 1. The zero-order valence-corrected chi connectivity index (χ0v) is 10.9. The fourth-order valence-electron chi connectivity index (χ4n) is 1.95. The molecule has 0 bridgehead atoms. The maximum absolute atomic E-state index is 12.4. The van der Waals surface area contributed by atoms with Crippen LogP contribution in [0, 0.1) is 0 Å². The average molecular weight is 250 g/mol. The average Bonchev–Trinajstić information content (AvgIpc) is 2.37. The zero-order valence-electron chi connectivity index (χ0n) is 10.9. The first kappa shape index (κ1) is 12.8. The maximum atomic E-state index is 12.4. The Bertz CT molecular complexity index is 430. The standard InChI is InChI=1S/C12H18N4O2/c1-12(2)8-18-7-6-16(12)11(17)9-4-5-10(13-3)15-14-9/h4-5H,6-8H2,1-3H3,(H,13,15). The van der Waals surface area contributed by atoms with Gasteiger partial charge in [-0.2, -0.15) is 0 Å². The van der Waals surface area contributed by atoms with E-state index >= 15 is 0 Å². The summed E-state index contributed by atoms with van der Waals surface area (Å²) < 4.78 is 5.40. The van der Waals surface area contributed by atoms with E-state index < -0.39 is 0 Å². The highest BCUT2D eigenvalue weighted by molar-refractivity contribution is 5.92. The van der Waals surface area contributed by atoms with Crippen molar-refractivity contribution in [1.82, 2.24) is 15.1 Å². The van der Waals surface area contributed by atoms with Crippen LogP contribution in [0.3, 0.4) is 0 Å². The highest BCUT2D eigenvalue weighted by Crippen LogP contribution is 2.21. The minimum Gasteiger partial charge on any atom is -0.377 e. The molecule has 6 nitrogen and oxygen atoms in total. The van der Waals surface area contributed by atoms with Gasteiger partial charge in [0.05, 0.1) is 18.8 Å². The van der Waals surface area contributed by atoms with Crippen LogP contribution >= 0.6 is 0 Å². The van der Waals surface area contributed by atoms with Crippen molar-refractivity contribution in [3.8, 4) is 0 Å². The third kappa shape index (κ3) is 2.43. The van der Waals surface area contributed by atoms with Gasteiger partial charge in [-0.05, 0) is 26.0 Å². The minimum atomic E-state index is -0.307. The van der Waals surface area contributed by atoms with Crippen molar-refractivity contribution in [3.63, 3.8) is 0 Å². The van der Waals surface area contributed by atoms with Crippen LogP contribution in [-0.4, -0.2) is 53.3 Å². The first-order valence-electron chi connectivity index (χ1n) is 5.96. The number of hydrogen-bond acceptors (Lipinski definition) is 5. The smallest absolute Gasteiger partial charge is 0.274 e. The minimum absolute atomic E-state index is 0.0987. The molecule has 0 atom stereocenters. The van der Waals surface area contributed by atoms with Crippen LogP contribution in [-0.2, 0) is 4.74 Å². The van der Waals surface area contributed by atoms with Gasteiger partial charge in [0.25, 0.3) is 5.91 Å². The molecular formula is C12H18N4O2. The fourth-order valence-corrected chi connectivity index (χ4v) is 1.95. The second-order valence-corrected chi connectivity index (χ2v) is 4.88. The van der Waals surface area contributed by atoms with Crippen LogP contribution in [0.5, 0.6) is 0 Å². The monoisotopic (exact) mass is 250 g/mol. The van der Waals surface area contributed by atoms with Crippen LogP contribution in [0.25, 0.3) is 0 Å². The van der Waals surface area contributed by atoms with Gasteiger partial charge in [-0.3, -0.25) is 4.79 Å². The van der Waals surface area contributed by atoms with Gasteiger partial charge in [0.1, 0.15) is 5.82 Å². The molecule has 0 aromatic carbocycles. The Kier molecular flexibility index (Phi) is 3.47. The zero-order chi connectivity index (χ0) is 13.2. The summed E-state index contributed by atoms with van der Waals surface area (Å²) in [6.45, 7) is 5.66. The summed E-state index contributed by atoms with van der Waals surface area (Å²) in [5, 5.41) is 10.7. The Hall–Kier alpha value is -1.69. The Morgan fingerprint density at radius 1 is 1.44 bits per heavy atom. The molecular weight excluding hydrogens is 232 g/mol. The number of carbonyl (C=O) groups excluding carboxylic acids is 1. The van der Waals surface area contributed by atoms with Crippen molar-refractivity contribution in [2.75, 3.05) is 32.1 Å². The third-order valence-electron chi connectivity index (χ3n) is 3.03. The molecule has 0 spiro atoms. The largest absolute Gasteiger partial charge is 0.377 e. The molecule has 1 aromatic rings. The highest BCUT2D eigenvalue weighted by Gasteiger charge is 2.35. The van der Waals surface area contributed by atoms with Crippen molar-refractivity contribution < 1.29 is 9.53 Å². The van der Waals surface area contributed by atoms with Crippen LogP contribution in [0.1, 0.15) is 24.3 Å². The summed E-state index contributed by atoms with van der Waals surface area (Å²) in [4.78, 5) is 14.2. The summed E-state index contributed by atoms with van der Waals surface area (Å²) in [6.07, 6.45) is 0. The van der Waals surface area contributed by atoms with E-state index in [9.17, 15) is 4.79 Å². The summed E-state index contributed by atoms with van der Waals surface area (Å²) in [5.41, 5.74) is 0.0579. The van der Waals surface area contributed by atoms with E-state index in [1.165, 1.54) is 0 Å². The van der Waals surface area contributed by atoms with Crippen molar-refractivity contribution >= 4 is 11.7 Å². The SMILES string of the molecule is CNc1ccc(C(=O)N2CCOCC2(C)C)nn1. The summed E-state index contributed by atoms with van der Waals surface area (Å²) >= 11 is 0. The number of rotatable bonds is 2. The summed E-state index contributed by atoms with van der Waals surface area (Å²) in [7, 11) is 1.76. The Morgan fingerprint density at radius 3 is 2.78 bits per heavy atom. The molecule has 1 saturated heterocycles. The van der Waals surface area contributed by atoms with Gasteiger partial charge >= 0.3 is 0 Å². The topological polar surface area (TPSA) is 67.4 Å². The van der Waals surface area contributed by atoms with Crippen molar-refractivity contribution in [1.29, 1.82) is 0 Å². The molecule has 2 heterocycles. The van der Waals surface area contributed by atoms with Gasteiger partial charge in [-0.25, -0.2) is 0 Å². The fraction of sp³-hybridized carbons (Fsp3) is 0.583. The third-order valence-corrected chi connectivity index (χ3v) is 3.03. The van der Waals surface area contributed by atoms with Gasteiger partial charge in [0, 0.05) is 13.6 Å². The molecule has 1 N–H and O–H groups in total.